The number of hydrogen-bond donors (Lipinski definition) is 2. The first-order valence-electron chi connectivity index (χ1n) is 5.08. The van der Waals surface area contributed by atoms with E-state index >= 15 is 0 Å². The van der Waals surface area contributed by atoms with E-state index in [2.05, 4.69) is 0 Å². The van der Waals surface area contributed by atoms with Gasteiger partial charge in [-0.15, -0.1) is 0 Å². The molecule has 16 heavy (non-hydrogen) atoms. The predicted octanol–water partition coefficient (Wildman–Crippen LogP) is 1.78. The van der Waals surface area contributed by atoms with Crippen LogP contribution in [0, 0.1) is 0 Å². The number of nitrogens with two attached hydrogens (primary N) is 1. The van der Waals surface area contributed by atoms with E-state index in [1.165, 1.54) is 0 Å². The number of aliphatic hydroxyl groups excluding tert-OH is 1. The van der Waals surface area contributed by atoms with Crippen molar-refractivity contribution >= 4 is 11.3 Å². The molecular weight excluding hydrogens is 226 g/mol. The summed E-state index contributed by atoms with van der Waals surface area (Å²) in [6, 6.07) is 5.45. The summed E-state index contributed by atoms with van der Waals surface area (Å²) in [7, 11) is 0. The van der Waals surface area contributed by atoms with E-state index in [0.29, 0.717) is 11.3 Å². The highest BCUT2D eigenvalue weighted by Crippen LogP contribution is 2.33. The zero-order valence-corrected chi connectivity index (χ0v) is 10.5. The van der Waals surface area contributed by atoms with Gasteiger partial charge in [-0.1, -0.05) is 32.0 Å². The summed E-state index contributed by atoms with van der Waals surface area (Å²) >= 11 is -1.88. The fourth-order valence-corrected chi connectivity index (χ4v) is 1.89. The van der Waals surface area contributed by atoms with Gasteiger partial charge in [-0.2, -0.15) is 4.21 Å². The molecule has 0 saturated heterocycles. The maximum atomic E-state index is 10.9. The Labute approximate surface area is 98.2 Å². The van der Waals surface area contributed by atoms with Gasteiger partial charge >= 0.3 is 0 Å². The van der Waals surface area contributed by atoms with Crippen molar-refractivity contribution in [1.82, 2.24) is 0 Å². The lowest BCUT2D eigenvalue weighted by molar-refractivity contribution is 0.196. The SMILES string of the molecule is CC(C)c1cccc(C(C)O)c1OS(N)=O. The molecule has 0 amide bonds. The Balaban J connectivity index is 3.28. The first-order valence-corrected chi connectivity index (χ1v) is 6.22. The Morgan fingerprint density at radius 3 is 2.31 bits per heavy atom. The minimum absolute atomic E-state index is 0.206. The average Bonchev–Trinajstić information content (AvgIpc) is 2.16. The third kappa shape index (κ3) is 3.04. The zero-order chi connectivity index (χ0) is 12.3. The van der Waals surface area contributed by atoms with Gasteiger partial charge in [0.05, 0.1) is 6.10 Å². The molecule has 0 aliphatic heterocycles. The normalized spacial score (nSPS) is 14.9. The second-order valence-electron chi connectivity index (χ2n) is 3.94. The molecule has 4 nitrogen and oxygen atoms in total. The Morgan fingerprint density at radius 1 is 1.31 bits per heavy atom. The fraction of sp³-hybridized carbons (Fsp3) is 0.455. The number of hydrogen-bond acceptors (Lipinski definition) is 3. The molecule has 90 valence electrons. The van der Waals surface area contributed by atoms with Gasteiger partial charge in [-0.25, -0.2) is 5.14 Å². The lowest BCUT2D eigenvalue weighted by Crippen LogP contribution is -2.13. The van der Waals surface area contributed by atoms with Crippen LogP contribution in [0.1, 0.15) is 43.9 Å². The van der Waals surface area contributed by atoms with Crippen LogP contribution in [-0.2, 0) is 11.3 Å². The molecule has 0 aliphatic carbocycles. The van der Waals surface area contributed by atoms with Gasteiger partial charge < -0.3 is 9.29 Å². The molecule has 2 unspecified atom stereocenters. The molecule has 1 aromatic carbocycles. The molecule has 0 saturated carbocycles. The highest BCUT2D eigenvalue weighted by Gasteiger charge is 2.17. The van der Waals surface area contributed by atoms with Crippen molar-refractivity contribution in [1.29, 1.82) is 0 Å². The van der Waals surface area contributed by atoms with Crippen LogP contribution in [0.25, 0.3) is 0 Å². The first-order chi connectivity index (χ1) is 7.43. The smallest absolute Gasteiger partial charge is 0.285 e. The Kier molecular flexibility index (Phi) is 4.46. The van der Waals surface area contributed by atoms with E-state index in [1.807, 2.05) is 26.0 Å². The summed E-state index contributed by atoms with van der Waals surface area (Å²) in [6.07, 6.45) is -0.683. The van der Waals surface area contributed by atoms with Crippen LogP contribution in [0.15, 0.2) is 18.2 Å². The van der Waals surface area contributed by atoms with Gasteiger partial charge in [0.25, 0.3) is 11.3 Å². The van der Waals surface area contributed by atoms with Crippen LogP contribution >= 0.6 is 0 Å². The second-order valence-corrected chi connectivity index (χ2v) is 4.63. The summed E-state index contributed by atoms with van der Waals surface area (Å²) in [5, 5.41) is 14.7. The maximum absolute atomic E-state index is 10.9. The number of para-hydroxylation sites is 1. The first kappa shape index (κ1) is 13.2. The third-order valence-electron chi connectivity index (χ3n) is 2.31. The van der Waals surface area contributed by atoms with Crippen LogP contribution in [-0.4, -0.2) is 9.32 Å². The molecule has 0 spiro atoms. The second kappa shape index (κ2) is 5.43. The number of rotatable bonds is 4. The molecule has 0 fully saturated rings. The molecular formula is C11H17NO3S. The van der Waals surface area contributed by atoms with Gasteiger partial charge in [-0.3, -0.25) is 0 Å². The molecule has 3 N–H and O–H groups in total. The summed E-state index contributed by atoms with van der Waals surface area (Å²) in [5.41, 5.74) is 1.49. The van der Waals surface area contributed by atoms with E-state index in [4.69, 9.17) is 9.32 Å². The third-order valence-corrected chi connectivity index (χ3v) is 2.64. The molecule has 1 aromatic rings. The van der Waals surface area contributed by atoms with Crippen molar-refractivity contribution in [3.63, 3.8) is 0 Å². The maximum Gasteiger partial charge on any atom is 0.285 e. The van der Waals surface area contributed by atoms with Crippen molar-refractivity contribution in [3.8, 4) is 5.75 Å². The monoisotopic (exact) mass is 243 g/mol. The highest BCUT2D eigenvalue weighted by molar-refractivity contribution is 7.78. The molecule has 0 heterocycles. The van der Waals surface area contributed by atoms with E-state index in [9.17, 15) is 9.32 Å². The molecule has 0 aromatic heterocycles. The summed E-state index contributed by atoms with van der Waals surface area (Å²) in [5.74, 6) is 0.630. The van der Waals surface area contributed by atoms with E-state index in [1.54, 1.807) is 13.0 Å². The lowest BCUT2D eigenvalue weighted by Gasteiger charge is -2.17. The van der Waals surface area contributed by atoms with Crippen LogP contribution in [0.4, 0.5) is 0 Å². The van der Waals surface area contributed by atoms with Crippen molar-refractivity contribution in [2.24, 2.45) is 5.14 Å². The van der Waals surface area contributed by atoms with Gasteiger partial charge in [0, 0.05) is 5.56 Å². The summed E-state index contributed by atoms with van der Waals surface area (Å²) in [4.78, 5) is 0. The lowest BCUT2D eigenvalue weighted by atomic mass is 9.97. The van der Waals surface area contributed by atoms with Crippen LogP contribution in [0.3, 0.4) is 0 Å². The minimum Gasteiger partial charge on any atom is -0.389 e. The highest BCUT2D eigenvalue weighted by atomic mass is 32.2. The summed E-state index contributed by atoms with van der Waals surface area (Å²) in [6.45, 7) is 5.62. The molecule has 1 rings (SSSR count). The van der Waals surface area contributed by atoms with Crippen LogP contribution < -0.4 is 9.32 Å². The van der Waals surface area contributed by atoms with Crippen molar-refractivity contribution in [2.75, 3.05) is 0 Å². The van der Waals surface area contributed by atoms with Crippen LogP contribution in [0.5, 0.6) is 5.75 Å². The average molecular weight is 243 g/mol. The van der Waals surface area contributed by atoms with Gasteiger partial charge in [0.15, 0.2) is 5.75 Å². The van der Waals surface area contributed by atoms with Crippen LogP contribution in [0.2, 0.25) is 0 Å². The van der Waals surface area contributed by atoms with Gasteiger partial charge in [0.1, 0.15) is 0 Å². The molecule has 0 bridgehead atoms. The topological polar surface area (TPSA) is 72.6 Å². The Morgan fingerprint density at radius 2 is 1.88 bits per heavy atom. The fourth-order valence-electron chi connectivity index (χ4n) is 1.54. The Bertz CT molecular complexity index is 365. The minimum atomic E-state index is -1.88. The zero-order valence-electron chi connectivity index (χ0n) is 9.64. The molecule has 2 atom stereocenters. The van der Waals surface area contributed by atoms with E-state index < -0.39 is 17.4 Å². The molecule has 5 heteroatoms. The molecule has 0 aliphatic rings. The van der Waals surface area contributed by atoms with E-state index in [0.717, 1.165) is 5.56 Å². The number of benzene rings is 1. The number of aliphatic hydroxyl groups is 1. The van der Waals surface area contributed by atoms with Gasteiger partial charge in [-0.05, 0) is 18.4 Å². The predicted molar refractivity (Wildman–Crippen MR) is 64.1 cm³/mol. The van der Waals surface area contributed by atoms with Crippen molar-refractivity contribution in [3.05, 3.63) is 29.3 Å². The molecule has 0 radical (unpaired) electrons. The van der Waals surface area contributed by atoms with Crippen molar-refractivity contribution < 1.29 is 13.5 Å². The summed E-state index contributed by atoms with van der Waals surface area (Å²) < 4.78 is 16.0. The Hall–Kier alpha value is -0.910. The quantitative estimate of drug-likeness (QED) is 0.846. The largest absolute Gasteiger partial charge is 0.389 e. The standard InChI is InChI=1S/C11H17NO3S/c1-7(2)9-5-4-6-10(8(3)13)11(9)15-16(12)14/h4-8,13H,12H2,1-3H3. The van der Waals surface area contributed by atoms with E-state index in [-0.39, 0.29) is 5.92 Å². The van der Waals surface area contributed by atoms with Crippen molar-refractivity contribution in [2.45, 2.75) is 32.8 Å². The van der Waals surface area contributed by atoms with Gasteiger partial charge in [0.2, 0.25) is 0 Å².